The van der Waals surface area contributed by atoms with Gasteiger partial charge in [0.1, 0.15) is 0 Å². The second-order valence-corrected chi connectivity index (χ2v) is 4.93. The highest BCUT2D eigenvalue weighted by molar-refractivity contribution is 5.94. The summed E-state index contributed by atoms with van der Waals surface area (Å²) in [6.45, 7) is 0.536. The Labute approximate surface area is 117 Å². The Morgan fingerprint density at radius 2 is 2.25 bits per heavy atom. The number of likely N-dealkylation sites (tertiary alicyclic amines) is 1. The topological polar surface area (TPSA) is 82.8 Å². The lowest BCUT2D eigenvalue weighted by molar-refractivity contribution is -0.133. The SMILES string of the molecule is O=C(NCC(=O)N1CCCCCC1CO)c1ccco1. The number of nitrogens with one attached hydrogen (secondary N) is 1. The molecule has 6 nitrogen and oxygen atoms in total. The van der Waals surface area contributed by atoms with E-state index in [0.29, 0.717) is 6.54 Å². The fourth-order valence-corrected chi connectivity index (χ4v) is 2.45. The minimum Gasteiger partial charge on any atom is -0.459 e. The van der Waals surface area contributed by atoms with Crippen LogP contribution in [-0.2, 0) is 4.79 Å². The molecule has 1 fully saturated rings. The van der Waals surface area contributed by atoms with Crippen molar-refractivity contribution in [2.45, 2.75) is 31.7 Å². The fourth-order valence-electron chi connectivity index (χ4n) is 2.45. The molecule has 20 heavy (non-hydrogen) atoms. The van der Waals surface area contributed by atoms with Crippen LogP contribution in [0.2, 0.25) is 0 Å². The van der Waals surface area contributed by atoms with Crippen molar-refractivity contribution < 1.29 is 19.1 Å². The van der Waals surface area contributed by atoms with E-state index in [2.05, 4.69) is 5.32 Å². The molecule has 1 aliphatic heterocycles. The number of carbonyl (C=O) groups excluding carboxylic acids is 2. The van der Waals surface area contributed by atoms with Gasteiger partial charge in [0.2, 0.25) is 5.91 Å². The lowest BCUT2D eigenvalue weighted by atomic mass is 10.1. The standard InChI is InChI=1S/C14H20N2O4/c17-10-11-5-2-1-3-7-16(11)13(18)9-15-14(19)12-6-4-8-20-12/h4,6,8,11,17H,1-3,5,7,9-10H2,(H,15,19). The Hall–Kier alpha value is -1.82. The van der Waals surface area contributed by atoms with Crippen molar-refractivity contribution in [3.8, 4) is 0 Å². The molecule has 2 amide bonds. The van der Waals surface area contributed by atoms with Crippen LogP contribution in [0.1, 0.15) is 36.2 Å². The maximum Gasteiger partial charge on any atom is 0.287 e. The highest BCUT2D eigenvalue weighted by Gasteiger charge is 2.25. The van der Waals surface area contributed by atoms with Crippen LogP contribution in [0.3, 0.4) is 0 Å². The van der Waals surface area contributed by atoms with Gasteiger partial charge in [-0.15, -0.1) is 0 Å². The van der Waals surface area contributed by atoms with Gasteiger partial charge in [0.15, 0.2) is 5.76 Å². The third-order valence-corrected chi connectivity index (χ3v) is 3.55. The van der Waals surface area contributed by atoms with Crippen LogP contribution in [0.15, 0.2) is 22.8 Å². The van der Waals surface area contributed by atoms with Crippen LogP contribution in [0.25, 0.3) is 0 Å². The van der Waals surface area contributed by atoms with E-state index >= 15 is 0 Å². The average molecular weight is 280 g/mol. The Morgan fingerprint density at radius 1 is 1.40 bits per heavy atom. The highest BCUT2D eigenvalue weighted by atomic mass is 16.3. The Balaban J connectivity index is 1.88. The predicted octanol–water partition coefficient (Wildman–Crippen LogP) is 0.773. The number of aliphatic hydroxyl groups is 1. The number of hydrogen-bond donors (Lipinski definition) is 2. The van der Waals surface area contributed by atoms with Gasteiger partial charge in [-0.1, -0.05) is 12.8 Å². The summed E-state index contributed by atoms with van der Waals surface area (Å²) in [6.07, 6.45) is 5.25. The van der Waals surface area contributed by atoms with E-state index in [9.17, 15) is 14.7 Å². The van der Waals surface area contributed by atoms with Gasteiger partial charge in [-0.05, 0) is 25.0 Å². The van der Waals surface area contributed by atoms with Crippen LogP contribution in [0.4, 0.5) is 0 Å². The van der Waals surface area contributed by atoms with E-state index in [-0.39, 0.29) is 30.9 Å². The van der Waals surface area contributed by atoms with Gasteiger partial charge < -0.3 is 19.7 Å². The van der Waals surface area contributed by atoms with Gasteiger partial charge in [0.25, 0.3) is 5.91 Å². The van der Waals surface area contributed by atoms with Crippen molar-refractivity contribution in [3.05, 3.63) is 24.2 Å². The third kappa shape index (κ3) is 3.60. The molecule has 0 spiro atoms. The van der Waals surface area contributed by atoms with Crippen LogP contribution in [0.5, 0.6) is 0 Å². The van der Waals surface area contributed by atoms with Crippen LogP contribution in [0, 0.1) is 0 Å². The van der Waals surface area contributed by atoms with Gasteiger partial charge >= 0.3 is 0 Å². The van der Waals surface area contributed by atoms with Crippen molar-refractivity contribution in [2.24, 2.45) is 0 Å². The molecule has 2 heterocycles. The number of rotatable bonds is 4. The quantitative estimate of drug-likeness (QED) is 0.853. The number of nitrogens with zero attached hydrogens (tertiary/aromatic N) is 1. The van der Waals surface area contributed by atoms with Gasteiger partial charge in [0.05, 0.1) is 25.5 Å². The number of hydrogen-bond acceptors (Lipinski definition) is 4. The molecule has 0 saturated carbocycles. The molecule has 0 aliphatic carbocycles. The van der Waals surface area contributed by atoms with Crippen LogP contribution >= 0.6 is 0 Å². The fraction of sp³-hybridized carbons (Fsp3) is 0.571. The third-order valence-electron chi connectivity index (χ3n) is 3.55. The highest BCUT2D eigenvalue weighted by Crippen LogP contribution is 2.16. The molecule has 1 aromatic heterocycles. The number of aliphatic hydroxyl groups excluding tert-OH is 1. The van der Waals surface area contributed by atoms with E-state index in [4.69, 9.17) is 4.42 Å². The maximum atomic E-state index is 12.2. The smallest absolute Gasteiger partial charge is 0.287 e. The summed E-state index contributed by atoms with van der Waals surface area (Å²) in [6, 6.07) is 3.03. The maximum absolute atomic E-state index is 12.2. The van der Waals surface area contributed by atoms with Crippen LogP contribution < -0.4 is 5.32 Å². The molecular formula is C14H20N2O4. The molecule has 1 aliphatic rings. The molecule has 1 aromatic rings. The van der Waals surface area contributed by atoms with Crippen molar-refractivity contribution in [2.75, 3.05) is 19.7 Å². The lowest BCUT2D eigenvalue weighted by Crippen LogP contribution is -2.46. The number of furan rings is 1. The monoisotopic (exact) mass is 280 g/mol. The first-order valence-electron chi connectivity index (χ1n) is 6.94. The first-order chi connectivity index (χ1) is 9.72. The zero-order valence-corrected chi connectivity index (χ0v) is 11.4. The van der Waals surface area contributed by atoms with Gasteiger partial charge in [-0.25, -0.2) is 0 Å². The summed E-state index contributed by atoms with van der Waals surface area (Å²) < 4.78 is 4.96. The van der Waals surface area contributed by atoms with E-state index in [1.807, 2.05) is 0 Å². The largest absolute Gasteiger partial charge is 0.459 e. The zero-order chi connectivity index (χ0) is 14.4. The van der Waals surface area contributed by atoms with Gasteiger partial charge in [-0.2, -0.15) is 0 Å². The summed E-state index contributed by atoms with van der Waals surface area (Å²) in [5, 5.41) is 11.9. The van der Waals surface area contributed by atoms with Crippen molar-refractivity contribution in [1.29, 1.82) is 0 Å². The molecular weight excluding hydrogens is 260 g/mol. The normalized spacial score (nSPS) is 19.4. The molecule has 1 saturated heterocycles. The number of carbonyl (C=O) groups is 2. The van der Waals surface area contributed by atoms with E-state index in [1.165, 1.54) is 6.26 Å². The zero-order valence-electron chi connectivity index (χ0n) is 11.4. The first kappa shape index (κ1) is 14.6. The summed E-state index contributed by atoms with van der Waals surface area (Å²) in [5.41, 5.74) is 0. The molecule has 6 heteroatoms. The molecule has 2 N–H and O–H groups in total. The van der Waals surface area contributed by atoms with Crippen molar-refractivity contribution in [3.63, 3.8) is 0 Å². The number of amides is 2. The lowest BCUT2D eigenvalue weighted by Gasteiger charge is -2.28. The molecule has 0 aromatic carbocycles. The van der Waals surface area contributed by atoms with E-state index in [1.54, 1.807) is 17.0 Å². The molecule has 0 radical (unpaired) electrons. The Morgan fingerprint density at radius 3 is 2.95 bits per heavy atom. The van der Waals surface area contributed by atoms with E-state index < -0.39 is 5.91 Å². The van der Waals surface area contributed by atoms with Crippen molar-refractivity contribution in [1.82, 2.24) is 10.2 Å². The van der Waals surface area contributed by atoms with Gasteiger partial charge in [0, 0.05) is 6.54 Å². The first-order valence-corrected chi connectivity index (χ1v) is 6.94. The Kier molecular flexibility index (Phi) is 5.17. The molecule has 0 bridgehead atoms. The Bertz CT molecular complexity index is 444. The summed E-state index contributed by atoms with van der Waals surface area (Å²) in [5.74, 6) is -0.378. The van der Waals surface area contributed by atoms with Gasteiger partial charge in [-0.3, -0.25) is 9.59 Å². The summed E-state index contributed by atoms with van der Waals surface area (Å²) >= 11 is 0. The van der Waals surface area contributed by atoms with Crippen LogP contribution in [-0.4, -0.2) is 47.6 Å². The van der Waals surface area contributed by atoms with Crippen molar-refractivity contribution >= 4 is 11.8 Å². The summed E-state index contributed by atoms with van der Waals surface area (Å²) in [7, 11) is 0. The molecule has 1 unspecified atom stereocenters. The molecule has 2 rings (SSSR count). The average Bonchev–Trinajstić information content (AvgIpc) is 2.89. The molecule has 110 valence electrons. The minimum atomic E-state index is -0.404. The second-order valence-electron chi connectivity index (χ2n) is 4.93. The summed E-state index contributed by atoms with van der Waals surface area (Å²) in [4.78, 5) is 25.5. The minimum absolute atomic E-state index is 0.0299. The second kappa shape index (κ2) is 7.09. The molecule has 1 atom stereocenters. The van der Waals surface area contributed by atoms with E-state index in [0.717, 1.165) is 25.7 Å². The predicted molar refractivity (Wildman–Crippen MR) is 72.1 cm³/mol.